The minimum absolute atomic E-state index is 0.0479. The number of ether oxygens (including phenoxy) is 2. The molecule has 0 spiro atoms. The van der Waals surface area contributed by atoms with Crippen LogP contribution in [0.15, 0.2) is 114 Å². The Morgan fingerprint density at radius 2 is 1.29 bits per heavy atom. The Morgan fingerprint density at radius 1 is 0.737 bits per heavy atom. The van der Waals surface area contributed by atoms with Crippen LogP contribution in [0, 0.1) is 0 Å². The Balaban J connectivity index is 1.46. The Bertz CT molecular complexity index is 1410. The second kappa shape index (κ2) is 12.9. The van der Waals surface area contributed by atoms with Gasteiger partial charge in [-0.25, -0.2) is 8.42 Å². The normalized spacial score (nSPS) is 11.9. The fraction of sp³-hybridized carbons (Fsp3) is 0.167. The molecule has 4 rings (SSSR count). The highest BCUT2D eigenvalue weighted by molar-refractivity contribution is 7.89. The van der Waals surface area contributed by atoms with Gasteiger partial charge in [-0.1, -0.05) is 60.7 Å². The van der Waals surface area contributed by atoms with Crippen LogP contribution in [0.1, 0.15) is 18.1 Å². The van der Waals surface area contributed by atoms with E-state index in [0.717, 1.165) is 11.1 Å². The van der Waals surface area contributed by atoms with Crippen LogP contribution in [-0.2, 0) is 27.8 Å². The van der Waals surface area contributed by atoms with Crippen molar-refractivity contribution < 1.29 is 22.7 Å². The lowest BCUT2D eigenvalue weighted by atomic mass is 10.1. The molecular weight excluding hydrogens is 500 g/mol. The summed E-state index contributed by atoms with van der Waals surface area (Å²) in [5, 5.41) is 2.82. The maximum atomic E-state index is 13.3. The summed E-state index contributed by atoms with van der Waals surface area (Å²) in [6.07, 6.45) is 0.182. The molecule has 7 nitrogen and oxygen atoms in total. The van der Waals surface area contributed by atoms with E-state index in [1.54, 1.807) is 36.4 Å². The summed E-state index contributed by atoms with van der Waals surface area (Å²) in [5.74, 6) is 0.756. The average molecular weight is 531 g/mol. The van der Waals surface area contributed by atoms with E-state index >= 15 is 0 Å². The largest absolute Gasteiger partial charge is 0.494 e. The van der Waals surface area contributed by atoms with Gasteiger partial charge in [0.25, 0.3) is 0 Å². The van der Waals surface area contributed by atoms with Crippen LogP contribution >= 0.6 is 0 Å². The summed E-state index contributed by atoms with van der Waals surface area (Å²) >= 11 is 0. The molecule has 0 saturated heterocycles. The lowest BCUT2D eigenvalue weighted by Crippen LogP contribution is -2.45. The average Bonchev–Trinajstić information content (AvgIpc) is 2.94. The molecule has 0 fully saturated rings. The summed E-state index contributed by atoms with van der Waals surface area (Å²) in [4.78, 5) is 13.3. The summed E-state index contributed by atoms with van der Waals surface area (Å²) in [6.45, 7) is 2.76. The van der Waals surface area contributed by atoms with Crippen LogP contribution in [0.3, 0.4) is 0 Å². The molecule has 0 aliphatic heterocycles. The molecule has 0 aliphatic rings. The first kappa shape index (κ1) is 26.9. The van der Waals surface area contributed by atoms with Crippen molar-refractivity contribution >= 4 is 21.6 Å². The highest BCUT2D eigenvalue weighted by atomic mass is 32.2. The third-order valence-electron chi connectivity index (χ3n) is 5.71. The molecule has 1 atom stereocenters. The van der Waals surface area contributed by atoms with Crippen molar-refractivity contribution in [2.75, 3.05) is 11.9 Å². The van der Waals surface area contributed by atoms with E-state index in [2.05, 4.69) is 10.0 Å². The Labute approximate surface area is 223 Å². The van der Waals surface area contributed by atoms with Crippen LogP contribution in [-0.4, -0.2) is 27.0 Å². The Hall–Kier alpha value is -4.14. The molecule has 0 saturated carbocycles. The molecule has 1 amide bonds. The third-order valence-corrected chi connectivity index (χ3v) is 7.20. The van der Waals surface area contributed by atoms with E-state index in [9.17, 15) is 13.2 Å². The topological polar surface area (TPSA) is 93.7 Å². The van der Waals surface area contributed by atoms with E-state index < -0.39 is 22.0 Å². The van der Waals surface area contributed by atoms with Gasteiger partial charge in [0.05, 0.1) is 11.5 Å². The Kier molecular flexibility index (Phi) is 9.13. The van der Waals surface area contributed by atoms with E-state index in [1.165, 1.54) is 12.1 Å². The van der Waals surface area contributed by atoms with Gasteiger partial charge in [-0.3, -0.25) is 4.79 Å². The minimum Gasteiger partial charge on any atom is -0.494 e. The number of hydrogen-bond donors (Lipinski definition) is 2. The van der Waals surface area contributed by atoms with Crippen molar-refractivity contribution in [1.82, 2.24) is 4.72 Å². The van der Waals surface area contributed by atoms with Crippen LogP contribution < -0.4 is 19.5 Å². The van der Waals surface area contributed by atoms with Crippen LogP contribution in [0.25, 0.3) is 0 Å². The summed E-state index contributed by atoms with van der Waals surface area (Å²) in [5.41, 5.74) is 2.40. The first-order valence-electron chi connectivity index (χ1n) is 12.3. The zero-order valence-electron chi connectivity index (χ0n) is 21.0. The second-order valence-corrected chi connectivity index (χ2v) is 10.3. The van der Waals surface area contributed by atoms with Crippen LogP contribution in [0.5, 0.6) is 11.5 Å². The van der Waals surface area contributed by atoms with Crippen LogP contribution in [0.4, 0.5) is 5.69 Å². The van der Waals surface area contributed by atoms with Gasteiger partial charge in [0.1, 0.15) is 24.1 Å². The van der Waals surface area contributed by atoms with Crippen molar-refractivity contribution in [2.45, 2.75) is 30.9 Å². The molecule has 0 aromatic heterocycles. The van der Waals surface area contributed by atoms with Crippen molar-refractivity contribution in [3.8, 4) is 11.5 Å². The zero-order chi connectivity index (χ0) is 26.8. The minimum atomic E-state index is -3.98. The second-order valence-electron chi connectivity index (χ2n) is 8.56. The number of benzene rings is 4. The number of hydrogen-bond acceptors (Lipinski definition) is 5. The smallest absolute Gasteiger partial charge is 0.242 e. The van der Waals surface area contributed by atoms with Gasteiger partial charge < -0.3 is 14.8 Å². The quantitative estimate of drug-likeness (QED) is 0.263. The molecule has 196 valence electrons. The number of sulfonamides is 1. The number of nitrogens with one attached hydrogen (secondary N) is 2. The van der Waals surface area contributed by atoms with Crippen molar-refractivity contribution in [1.29, 1.82) is 0 Å². The molecule has 38 heavy (non-hydrogen) atoms. The van der Waals surface area contributed by atoms with Gasteiger partial charge in [0.15, 0.2) is 0 Å². The highest BCUT2D eigenvalue weighted by Crippen LogP contribution is 2.19. The molecule has 0 bridgehead atoms. The van der Waals surface area contributed by atoms with Gasteiger partial charge in [-0.05, 0) is 73.0 Å². The molecule has 0 heterocycles. The molecule has 4 aromatic carbocycles. The van der Waals surface area contributed by atoms with Gasteiger partial charge in [0.2, 0.25) is 15.9 Å². The summed E-state index contributed by atoms with van der Waals surface area (Å²) < 4.78 is 40.1. The number of anilines is 1. The first-order valence-corrected chi connectivity index (χ1v) is 13.8. The lowest BCUT2D eigenvalue weighted by molar-refractivity contribution is -0.117. The predicted molar refractivity (Wildman–Crippen MR) is 148 cm³/mol. The first-order chi connectivity index (χ1) is 18.4. The van der Waals surface area contributed by atoms with Gasteiger partial charge in [-0.2, -0.15) is 4.72 Å². The molecule has 2 N–H and O–H groups in total. The molecule has 0 unspecified atom stereocenters. The van der Waals surface area contributed by atoms with Gasteiger partial charge >= 0.3 is 0 Å². The Morgan fingerprint density at radius 3 is 1.89 bits per heavy atom. The maximum absolute atomic E-state index is 13.3. The highest BCUT2D eigenvalue weighted by Gasteiger charge is 2.26. The predicted octanol–water partition coefficient (Wildman–Crippen LogP) is 5.19. The standard InChI is InChI=1S/C30H30N2O5S/c1-2-36-26-17-19-28(20-18-26)38(34,35)32-29(21-23-9-5-3-6-10-23)30(33)31-25-13-15-27(16-14-25)37-22-24-11-7-4-8-12-24/h3-20,29,32H,2,21-22H2,1H3,(H,31,33)/t29-/m0/s1. The fourth-order valence-corrected chi connectivity index (χ4v) is 4.97. The van der Waals surface area contributed by atoms with Crippen LogP contribution in [0.2, 0.25) is 0 Å². The van der Waals surface area contributed by atoms with Crippen molar-refractivity contribution in [3.05, 3.63) is 120 Å². The molecule has 0 aliphatic carbocycles. The zero-order valence-corrected chi connectivity index (χ0v) is 21.9. The van der Waals surface area contributed by atoms with E-state index in [-0.39, 0.29) is 11.3 Å². The number of carbonyl (C=O) groups excluding carboxylic acids is 1. The van der Waals surface area contributed by atoms with Crippen molar-refractivity contribution in [2.24, 2.45) is 0 Å². The van der Waals surface area contributed by atoms with Gasteiger partial charge in [0, 0.05) is 5.69 Å². The monoisotopic (exact) mass is 530 g/mol. The fourth-order valence-electron chi connectivity index (χ4n) is 3.78. The summed E-state index contributed by atoms with van der Waals surface area (Å²) in [7, 11) is -3.98. The summed E-state index contributed by atoms with van der Waals surface area (Å²) in [6, 6.07) is 31.1. The van der Waals surface area contributed by atoms with E-state index in [4.69, 9.17) is 9.47 Å². The van der Waals surface area contributed by atoms with E-state index in [0.29, 0.717) is 30.4 Å². The SMILES string of the molecule is CCOc1ccc(S(=O)(=O)N[C@@H](Cc2ccccc2)C(=O)Nc2ccc(OCc3ccccc3)cc2)cc1. The molecule has 4 aromatic rings. The molecular formula is C30H30N2O5S. The number of rotatable bonds is 12. The maximum Gasteiger partial charge on any atom is 0.242 e. The van der Waals surface area contributed by atoms with E-state index in [1.807, 2.05) is 67.6 Å². The van der Waals surface area contributed by atoms with Gasteiger partial charge in [-0.15, -0.1) is 0 Å². The third kappa shape index (κ3) is 7.68. The number of carbonyl (C=O) groups is 1. The molecule has 0 radical (unpaired) electrons. The lowest BCUT2D eigenvalue weighted by Gasteiger charge is -2.19. The number of amides is 1. The molecule has 8 heteroatoms. The van der Waals surface area contributed by atoms with Crippen molar-refractivity contribution in [3.63, 3.8) is 0 Å².